The Kier molecular flexibility index (Phi) is 6.68. The number of aromatic hydroxyl groups is 1. The Morgan fingerprint density at radius 1 is 1.03 bits per heavy atom. The van der Waals surface area contributed by atoms with E-state index in [2.05, 4.69) is 0 Å². The molecule has 0 aliphatic heterocycles. The van der Waals surface area contributed by atoms with E-state index in [1.54, 1.807) is 12.1 Å². The van der Waals surface area contributed by atoms with Gasteiger partial charge in [0.15, 0.2) is 0 Å². The first-order chi connectivity index (χ1) is 13.6. The van der Waals surface area contributed by atoms with Crippen LogP contribution in [-0.2, 0) is 20.7 Å². The van der Waals surface area contributed by atoms with Gasteiger partial charge in [0, 0.05) is 16.1 Å². The molecule has 2 rings (SSSR count). The SMILES string of the molecule is CC(C)(C)c1cc(/C=C(/C#N)S(=O)(=O)c2cc(Cl)ccc2Cl)c(O)c(C(C)(C)C)c1. The van der Waals surface area contributed by atoms with E-state index in [9.17, 15) is 18.8 Å². The molecule has 7 heteroatoms. The minimum absolute atomic E-state index is 0.0383. The van der Waals surface area contributed by atoms with E-state index >= 15 is 0 Å². The lowest BCUT2D eigenvalue weighted by atomic mass is 9.79. The Bertz CT molecular complexity index is 1160. The highest BCUT2D eigenvalue weighted by Crippen LogP contribution is 2.39. The molecule has 4 nitrogen and oxygen atoms in total. The second kappa shape index (κ2) is 8.26. The second-order valence-electron chi connectivity index (χ2n) is 9.16. The fourth-order valence-corrected chi connectivity index (χ4v) is 4.79. The predicted molar refractivity (Wildman–Crippen MR) is 123 cm³/mol. The smallest absolute Gasteiger partial charge is 0.218 e. The topological polar surface area (TPSA) is 78.2 Å². The average Bonchev–Trinajstić information content (AvgIpc) is 2.60. The number of phenols is 1. The van der Waals surface area contributed by atoms with Crippen molar-refractivity contribution in [3.63, 3.8) is 0 Å². The summed E-state index contributed by atoms with van der Waals surface area (Å²) in [7, 11) is -4.24. The van der Waals surface area contributed by atoms with Gasteiger partial charge in [-0.15, -0.1) is 0 Å². The van der Waals surface area contributed by atoms with Crippen LogP contribution in [0.3, 0.4) is 0 Å². The normalized spacial score (nSPS) is 13.2. The van der Waals surface area contributed by atoms with Gasteiger partial charge < -0.3 is 5.11 Å². The standard InChI is InChI=1S/C23H25Cl2NO3S/c1-22(2,3)15-9-14(21(27)18(11-15)23(4,5)6)10-17(13-26)30(28,29)20-12-16(24)7-8-19(20)25/h7-12,27H,1-6H3/b17-10-. The highest BCUT2D eigenvalue weighted by Gasteiger charge is 2.27. The van der Waals surface area contributed by atoms with Gasteiger partial charge in [-0.2, -0.15) is 5.26 Å². The molecule has 160 valence electrons. The molecule has 0 spiro atoms. The molecule has 0 radical (unpaired) electrons. The quantitative estimate of drug-likeness (QED) is 0.515. The van der Waals surface area contributed by atoms with Gasteiger partial charge in [0.25, 0.3) is 0 Å². The van der Waals surface area contributed by atoms with E-state index in [0.29, 0.717) is 5.56 Å². The molecule has 1 N–H and O–H groups in total. The van der Waals surface area contributed by atoms with Crippen molar-refractivity contribution >= 4 is 39.1 Å². The van der Waals surface area contributed by atoms with Crippen molar-refractivity contribution < 1.29 is 13.5 Å². The highest BCUT2D eigenvalue weighted by molar-refractivity contribution is 7.95. The molecule has 0 fully saturated rings. The van der Waals surface area contributed by atoms with Crippen molar-refractivity contribution in [2.75, 3.05) is 0 Å². The zero-order valence-electron chi connectivity index (χ0n) is 17.8. The summed E-state index contributed by atoms with van der Waals surface area (Å²) in [6, 6.07) is 9.40. The third-order valence-corrected chi connectivity index (χ3v) is 7.06. The van der Waals surface area contributed by atoms with Crippen molar-refractivity contribution in [2.45, 2.75) is 57.3 Å². The van der Waals surface area contributed by atoms with Crippen LogP contribution in [0.25, 0.3) is 6.08 Å². The Morgan fingerprint density at radius 2 is 1.63 bits per heavy atom. The average molecular weight is 466 g/mol. The number of halogens is 2. The van der Waals surface area contributed by atoms with Crippen molar-refractivity contribution in [2.24, 2.45) is 0 Å². The van der Waals surface area contributed by atoms with E-state index < -0.39 is 20.2 Å². The lowest BCUT2D eigenvalue weighted by molar-refractivity contribution is 0.443. The first-order valence-electron chi connectivity index (χ1n) is 9.29. The number of phenolic OH excluding ortho intramolecular Hbond substituents is 1. The summed E-state index contributed by atoms with van der Waals surface area (Å²) < 4.78 is 26.2. The molecular weight excluding hydrogens is 441 g/mol. The van der Waals surface area contributed by atoms with E-state index in [0.717, 1.165) is 5.56 Å². The molecule has 0 bridgehead atoms. The maximum atomic E-state index is 13.1. The number of sulfone groups is 1. The third kappa shape index (κ3) is 5.00. The molecule has 0 saturated carbocycles. The van der Waals surface area contributed by atoms with E-state index in [1.165, 1.54) is 24.3 Å². The molecule has 2 aromatic rings. The molecule has 0 saturated heterocycles. The van der Waals surface area contributed by atoms with Crippen LogP contribution in [-0.4, -0.2) is 13.5 Å². The van der Waals surface area contributed by atoms with Crippen LogP contribution in [0.2, 0.25) is 10.0 Å². The van der Waals surface area contributed by atoms with Crippen LogP contribution in [0.15, 0.2) is 40.1 Å². The molecule has 0 atom stereocenters. The first kappa shape index (κ1) is 24.3. The summed E-state index contributed by atoms with van der Waals surface area (Å²) in [5, 5.41) is 20.7. The maximum Gasteiger partial charge on any atom is 0.218 e. The van der Waals surface area contributed by atoms with Crippen LogP contribution in [0.5, 0.6) is 5.75 Å². The Balaban J connectivity index is 2.82. The lowest BCUT2D eigenvalue weighted by Gasteiger charge is -2.27. The molecule has 0 amide bonds. The fourth-order valence-electron chi connectivity index (χ4n) is 2.88. The number of allylic oxidation sites excluding steroid dienone is 1. The van der Waals surface area contributed by atoms with Gasteiger partial charge in [0.05, 0.1) is 9.92 Å². The summed E-state index contributed by atoms with van der Waals surface area (Å²) in [5.74, 6) is -0.0596. The summed E-state index contributed by atoms with van der Waals surface area (Å²) in [5.41, 5.74) is 1.18. The monoisotopic (exact) mass is 465 g/mol. The number of hydrogen-bond donors (Lipinski definition) is 1. The number of nitrogens with zero attached hydrogens (tertiary/aromatic N) is 1. The summed E-state index contributed by atoms with van der Waals surface area (Å²) in [4.78, 5) is -0.792. The fraction of sp³-hybridized carbons (Fsp3) is 0.348. The van der Waals surface area contributed by atoms with Crippen LogP contribution in [0.1, 0.15) is 58.2 Å². The minimum Gasteiger partial charge on any atom is -0.507 e. The van der Waals surface area contributed by atoms with Gasteiger partial charge in [0.1, 0.15) is 16.7 Å². The second-order valence-corrected chi connectivity index (χ2v) is 11.9. The van der Waals surface area contributed by atoms with E-state index in [-0.39, 0.29) is 31.7 Å². The molecular formula is C23H25Cl2NO3S. The predicted octanol–water partition coefficient (Wildman–Crippen LogP) is 6.63. The highest BCUT2D eigenvalue weighted by atomic mass is 35.5. The Hall–Kier alpha value is -2.00. The Labute approximate surface area is 188 Å². The lowest BCUT2D eigenvalue weighted by Crippen LogP contribution is -2.17. The number of nitriles is 1. The molecule has 0 unspecified atom stereocenters. The van der Waals surface area contributed by atoms with E-state index in [4.69, 9.17) is 23.2 Å². The van der Waals surface area contributed by atoms with Crippen molar-refractivity contribution in [1.82, 2.24) is 0 Å². The third-order valence-electron chi connectivity index (χ3n) is 4.68. The molecule has 0 aromatic heterocycles. The van der Waals surface area contributed by atoms with Gasteiger partial charge in [0.2, 0.25) is 9.84 Å². The van der Waals surface area contributed by atoms with Crippen molar-refractivity contribution in [1.29, 1.82) is 5.26 Å². The molecule has 0 aliphatic carbocycles. The summed E-state index contributed by atoms with van der Waals surface area (Å²) >= 11 is 12.0. The molecule has 30 heavy (non-hydrogen) atoms. The molecule has 2 aromatic carbocycles. The number of hydrogen-bond acceptors (Lipinski definition) is 4. The van der Waals surface area contributed by atoms with Crippen molar-refractivity contribution in [3.8, 4) is 11.8 Å². The summed E-state index contributed by atoms with van der Waals surface area (Å²) in [6.45, 7) is 11.9. The maximum absolute atomic E-state index is 13.1. The van der Waals surface area contributed by atoms with Gasteiger partial charge in [-0.05, 0) is 46.7 Å². The van der Waals surface area contributed by atoms with Crippen molar-refractivity contribution in [3.05, 3.63) is 62.0 Å². The Morgan fingerprint density at radius 3 is 2.13 bits per heavy atom. The minimum atomic E-state index is -4.24. The zero-order chi connectivity index (χ0) is 23.1. The van der Waals surface area contributed by atoms with Crippen LogP contribution in [0.4, 0.5) is 0 Å². The van der Waals surface area contributed by atoms with Crippen LogP contribution < -0.4 is 0 Å². The van der Waals surface area contributed by atoms with Gasteiger partial charge in [-0.1, -0.05) is 70.8 Å². The number of rotatable bonds is 3. The molecule has 0 aliphatic rings. The zero-order valence-corrected chi connectivity index (χ0v) is 20.2. The van der Waals surface area contributed by atoms with Crippen LogP contribution in [0, 0.1) is 11.3 Å². The van der Waals surface area contributed by atoms with Gasteiger partial charge in [-0.25, -0.2) is 8.42 Å². The van der Waals surface area contributed by atoms with E-state index in [1.807, 2.05) is 47.6 Å². The largest absolute Gasteiger partial charge is 0.507 e. The van der Waals surface area contributed by atoms with Gasteiger partial charge in [-0.3, -0.25) is 0 Å². The van der Waals surface area contributed by atoms with Gasteiger partial charge >= 0.3 is 0 Å². The summed E-state index contributed by atoms with van der Waals surface area (Å²) in [6.07, 6.45) is 1.19. The number of benzene rings is 2. The van der Waals surface area contributed by atoms with Crippen LogP contribution >= 0.6 is 23.2 Å². The first-order valence-corrected chi connectivity index (χ1v) is 11.5. The molecule has 0 heterocycles.